The lowest BCUT2D eigenvalue weighted by molar-refractivity contribution is 0.102. The topological polar surface area (TPSA) is 59.8 Å². The number of carbonyl (C=O) groups excluding carboxylic acids is 1. The highest BCUT2D eigenvalue weighted by Crippen LogP contribution is 2.11. The van der Waals surface area contributed by atoms with Crippen LogP contribution in [0.4, 0.5) is 5.82 Å². The van der Waals surface area contributed by atoms with Crippen molar-refractivity contribution in [2.75, 3.05) is 5.32 Å². The van der Waals surface area contributed by atoms with Gasteiger partial charge in [0.2, 0.25) is 0 Å². The van der Waals surface area contributed by atoms with Crippen molar-refractivity contribution in [3.63, 3.8) is 0 Å². The summed E-state index contributed by atoms with van der Waals surface area (Å²) in [5, 5.41) is 10.2. The van der Waals surface area contributed by atoms with Crippen LogP contribution in [0.15, 0.2) is 24.4 Å². The number of hydrogen-bond acceptors (Lipinski definition) is 3. The number of benzene rings is 1. The summed E-state index contributed by atoms with van der Waals surface area (Å²) in [7, 11) is 1.75. The molecule has 1 aromatic carbocycles. The number of aryl methyl sites for hydroxylation is 3. The first-order valence-corrected chi connectivity index (χ1v) is 5.31. The fourth-order valence-electron chi connectivity index (χ4n) is 1.48. The first-order valence-electron chi connectivity index (χ1n) is 5.31. The monoisotopic (exact) mass is 230 g/mol. The van der Waals surface area contributed by atoms with Crippen LogP contribution in [0.5, 0.6) is 0 Å². The summed E-state index contributed by atoms with van der Waals surface area (Å²) in [5.41, 5.74) is 2.89. The van der Waals surface area contributed by atoms with Crippen molar-refractivity contribution in [2.24, 2.45) is 7.05 Å². The number of nitrogens with zero attached hydrogens (tertiary/aromatic N) is 3. The summed E-state index contributed by atoms with van der Waals surface area (Å²) in [6.45, 7) is 3.99. The molecule has 1 heterocycles. The summed E-state index contributed by atoms with van der Waals surface area (Å²) in [5.74, 6) is 0.282. The predicted octanol–water partition coefficient (Wildman–Crippen LogP) is 1.68. The van der Waals surface area contributed by atoms with Crippen molar-refractivity contribution >= 4 is 11.7 Å². The van der Waals surface area contributed by atoms with Gasteiger partial charge in [-0.2, -0.15) is 0 Å². The van der Waals surface area contributed by atoms with Crippen molar-refractivity contribution in [3.8, 4) is 0 Å². The zero-order chi connectivity index (χ0) is 12.4. The summed E-state index contributed by atoms with van der Waals surface area (Å²) in [4.78, 5) is 11.9. The molecular weight excluding hydrogens is 216 g/mol. The van der Waals surface area contributed by atoms with E-state index >= 15 is 0 Å². The average Bonchev–Trinajstić information content (AvgIpc) is 2.68. The molecule has 0 unspecified atom stereocenters. The third-order valence-electron chi connectivity index (χ3n) is 2.61. The molecule has 0 aliphatic heterocycles. The van der Waals surface area contributed by atoms with Crippen LogP contribution in [0.3, 0.4) is 0 Å². The number of nitrogens with one attached hydrogen (secondary N) is 1. The SMILES string of the molecule is Cc1ccc(C(=O)Nc2cn(C)nn2)cc1C. The number of hydrogen-bond donors (Lipinski definition) is 1. The lowest BCUT2D eigenvalue weighted by Gasteiger charge is -2.04. The van der Waals surface area contributed by atoms with Crippen LogP contribution < -0.4 is 5.32 Å². The highest BCUT2D eigenvalue weighted by Gasteiger charge is 2.08. The molecule has 2 aromatic rings. The molecule has 1 aromatic heterocycles. The van der Waals surface area contributed by atoms with Gasteiger partial charge in [0, 0.05) is 12.6 Å². The Kier molecular flexibility index (Phi) is 2.91. The van der Waals surface area contributed by atoms with Crippen LogP contribution in [-0.2, 0) is 7.05 Å². The second-order valence-electron chi connectivity index (χ2n) is 4.03. The highest BCUT2D eigenvalue weighted by molar-refractivity contribution is 6.03. The maximum atomic E-state index is 11.9. The summed E-state index contributed by atoms with van der Waals surface area (Å²) < 4.78 is 1.54. The van der Waals surface area contributed by atoms with Gasteiger partial charge >= 0.3 is 0 Å². The molecule has 0 aliphatic rings. The molecule has 0 aliphatic carbocycles. The minimum atomic E-state index is -0.173. The third kappa shape index (κ3) is 2.50. The minimum absolute atomic E-state index is 0.173. The molecular formula is C12H14N4O. The Morgan fingerprint density at radius 2 is 2.06 bits per heavy atom. The Morgan fingerprint density at radius 1 is 1.29 bits per heavy atom. The van der Waals surface area contributed by atoms with Crippen molar-refractivity contribution in [1.82, 2.24) is 15.0 Å². The smallest absolute Gasteiger partial charge is 0.256 e. The van der Waals surface area contributed by atoms with Gasteiger partial charge in [0.05, 0.1) is 6.20 Å². The molecule has 0 bridgehead atoms. The number of amides is 1. The fraction of sp³-hybridized carbons (Fsp3) is 0.250. The normalized spacial score (nSPS) is 10.3. The van der Waals surface area contributed by atoms with Gasteiger partial charge in [0.25, 0.3) is 5.91 Å². The molecule has 17 heavy (non-hydrogen) atoms. The highest BCUT2D eigenvalue weighted by atomic mass is 16.1. The molecule has 0 radical (unpaired) electrons. The van der Waals surface area contributed by atoms with Gasteiger partial charge in [-0.3, -0.25) is 9.48 Å². The van der Waals surface area contributed by atoms with Gasteiger partial charge in [-0.15, -0.1) is 5.10 Å². The first kappa shape index (κ1) is 11.3. The largest absolute Gasteiger partial charge is 0.304 e. The molecule has 2 rings (SSSR count). The second-order valence-corrected chi connectivity index (χ2v) is 4.03. The summed E-state index contributed by atoms with van der Waals surface area (Å²) >= 11 is 0. The Bertz CT molecular complexity index is 559. The van der Waals surface area contributed by atoms with E-state index in [1.807, 2.05) is 26.0 Å². The summed E-state index contributed by atoms with van der Waals surface area (Å²) in [6.07, 6.45) is 1.65. The molecule has 5 nitrogen and oxygen atoms in total. The van der Waals surface area contributed by atoms with E-state index in [2.05, 4.69) is 15.6 Å². The fourth-order valence-corrected chi connectivity index (χ4v) is 1.48. The van der Waals surface area contributed by atoms with E-state index in [9.17, 15) is 4.79 Å². The maximum absolute atomic E-state index is 11.9. The molecule has 1 N–H and O–H groups in total. The van der Waals surface area contributed by atoms with E-state index in [0.717, 1.165) is 5.56 Å². The van der Waals surface area contributed by atoms with Gasteiger partial charge in [-0.1, -0.05) is 11.3 Å². The van der Waals surface area contributed by atoms with Crippen LogP contribution in [0, 0.1) is 13.8 Å². The van der Waals surface area contributed by atoms with Crippen LogP contribution in [0.25, 0.3) is 0 Å². The van der Waals surface area contributed by atoms with E-state index in [0.29, 0.717) is 11.4 Å². The van der Waals surface area contributed by atoms with Crippen molar-refractivity contribution in [2.45, 2.75) is 13.8 Å². The molecule has 88 valence electrons. The zero-order valence-corrected chi connectivity index (χ0v) is 10.1. The number of anilines is 1. The third-order valence-corrected chi connectivity index (χ3v) is 2.61. The molecule has 0 saturated carbocycles. The van der Waals surface area contributed by atoms with E-state index in [1.54, 1.807) is 19.3 Å². The number of carbonyl (C=O) groups is 1. The summed E-state index contributed by atoms with van der Waals surface area (Å²) in [6, 6.07) is 5.59. The first-order chi connectivity index (χ1) is 8.06. The Balaban J connectivity index is 2.17. The quantitative estimate of drug-likeness (QED) is 0.854. The lowest BCUT2D eigenvalue weighted by Crippen LogP contribution is -2.12. The molecule has 5 heteroatoms. The minimum Gasteiger partial charge on any atom is -0.304 e. The zero-order valence-electron chi connectivity index (χ0n) is 10.1. The van der Waals surface area contributed by atoms with Crippen LogP contribution in [-0.4, -0.2) is 20.9 Å². The van der Waals surface area contributed by atoms with Crippen molar-refractivity contribution in [1.29, 1.82) is 0 Å². The Hall–Kier alpha value is -2.17. The van der Waals surface area contributed by atoms with Crippen LogP contribution in [0.1, 0.15) is 21.5 Å². The van der Waals surface area contributed by atoms with Gasteiger partial charge < -0.3 is 5.32 Å². The number of rotatable bonds is 2. The molecule has 0 spiro atoms. The van der Waals surface area contributed by atoms with E-state index < -0.39 is 0 Å². The molecule has 0 fully saturated rings. The van der Waals surface area contributed by atoms with Gasteiger partial charge in [0.1, 0.15) is 0 Å². The maximum Gasteiger partial charge on any atom is 0.256 e. The second kappa shape index (κ2) is 4.37. The van der Waals surface area contributed by atoms with Gasteiger partial charge in [-0.25, -0.2) is 0 Å². The van der Waals surface area contributed by atoms with Crippen LogP contribution in [0.2, 0.25) is 0 Å². The number of aromatic nitrogens is 3. The Labute approximate surface area is 99.5 Å². The molecule has 0 atom stereocenters. The van der Waals surface area contributed by atoms with Crippen molar-refractivity contribution in [3.05, 3.63) is 41.1 Å². The van der Waals surface area contributed by atoms with E-state index in [4.69, 9.17) is 0 Å². The van der Waals surface area contributed by atoms with Gasteiger partial charge in [0.15, 0.2) is 5.82 Å². The Morgan fingerprint density at radius 3 is 2.65 bits per heavy atom. The van der Waals surface area contributed by atoms with Gasteiger partial charge in [-0.05, 0) is 37.1 Å². The standard InChI is InChI=1S/C12H14N4O/c1-8-4-5-10(6-9(8)2)12(17)13-11-7-16(3)15-14-11/h4-7H,1-3H3,(H,13,17). The van der Waals surface area contributed by atoms with Crippen LogP contribution >= 0.6 is 0 Å². The predicted molar refractivity (Wildman–Crippen MR) is 64.9 cm³/mol. The molecule has 1 amide bonds. The average molecular weight is 230 g/mol. The molecule has 0 saturated heterocycles. The lowest BCUT2D eigenvalue weighted by atomic mass is 10.1. The van der Waals surface area contributed by atoms with Crippen molar-refractivity contribution < 1.29 is 4.79 Å². The van der Waals surface area contributed by atoms with E-state index in [-0.39, 0.29) is 5.91 Å². The van der Waals surface area contributed by atoms with E-state index in [1.165, 1.54) is 10.2 Å².